The maximum Gasteiger partial charge on any atom is 0.432 e. The molecule has 1 aromatic heterocycles. The molecule has 0 aliphatic heterocycles. The van der Waals surface area contributed by atoms with Crippen LogP contribution in [-0.2, 0) is 15.7 Å². The molecular formula is C16H13BrF4N2O2. The van der Waals surface area contributed by atoms with Gasteiger partial charge in [-0.15, -0.1) is 0 Å². The molecule has 1 unspecified atom stereocenters. The van der Waals surface area contributed by atoms with Crippen molar-refractivity contribution in [1.29, 1.82) is 5.26 Å². The van der Waals surface area contributed by atoms with Gasteiger partial charge in [0.15, 0.2) is 0 Å². The summed E-state index contributed by atoms with van der Waals surface area (Å²) in [6.07, 6.45) is -6.20. The number of nitriles is 1. The van der Waals surface area contributed by atoms with Gasteiger partial charge >= 0.3 is 6.18 Å². The third-order valence-electron chi connectivity index (χ3n) is 3.37. The number of aromatic nitrogens is 1. The second-order valence-electron chi connectivity index (χ2n) is 4.87. The number of hydrogen-bond acceptors (Lipinski definition) is 3. The highest BCUT2D eigenvalue weighted by atomic mass is 79.9. The average Bonchev–Trinajstić information content (AvgIpc) is 2.85. The Morgan fingerprint density at radius 1 is 1.28 bits per heavy atom. The van der Waals surface area contributed by atoms with Crippen LogP contribution in [0.25, 0.3) is 11.3 Å². The van der Waals surface area contributed by atoms with E-state index in [4.69, 9.17) is 9.47 Å². The normalized spacial score (nSPS) is 12.9. The molecule has 134 valence electrons. The maximum absolute atomic E-state index is 13.6. The molecule has 9 heteroatoms. The molecule has 0 N–H and O–H groups in total. The highest BCUT2D eigenvalue weighted by Gasteiger charge is 2.42. The first-order valence-corrected chi connectivity index (χ1v) is 7.86. The van der Waals surface area contributed by atoms with E-state index in [9.17, 15) is 22.8 Å². The molecule has 1 heterocycles. The summed E-state index contributed by atoms with van der Waals surface area (Å²) in [6.45, 7) is 1.68. The molecule has 0 saturated carbocycles. The molecule has 2 rings (SSSR count). The van der Waals surface area contributed by atoms with Crippen molar-refractivity contribution in [2.45, 2.75) is 19.5 Å². The number of benzene rings is 1. The van der Waals surface area contributed by atoms with Crippen molar-refractivity contribution in [1.82, 2.24) is 4.57 Å². The zero-order valence-corrected chi connectivity index (χ0v) is 14.8. The van der Waals surface area contributed by atoms with Gasteiger partial charge in [-0.3, -0.25) is 4.57 Å². The summed E-state index contributed by atoms with van der Waals surface area (Å²) in [4.78, 5) is 0. The van der Waals surface area contributed by atoms with Crippen LogP contribution in [0.4, 0.5) is 17.6 Å². The minimum atomic E-state index is -4.78. The van der Waals surface area contributed by atoms with Crippen LogP contribution in [0.3, 0.4) is 0 Å². The molecule has 0 radical (unpaired) electrons. The lowest BCUT2D eigenvalue weighted by molar-refractivity contribution is -0.191. The van der Waals surface area contributed by atoms with Crippen molar-refractivity contribution in [2.24, 2.45) is 0 Å². The van der Waals surface area contributed by atoms with E-state index in [1.165, 1.54) is 19.2 Å². The topological polar surface area (TPSA) is 47.2 Å². The van der Waals surface area contributed by atoms with Gasteiger partial charge in [0.1, 0.15) is 17.6 Å². The summed E-state index contributed by atoms with van der Waals surface area (Å²) in [5, 5.41) is 9.39. The van der Waals surface area contributed by atoms with E-state index in [0.717, 1.165) is 16.7 Å². The van der Waals surface area contributed by atoms with E-state index in [0.29, 0.717) is 0 Å². The maximum atomic E-state index is 13.6. The number of alkyl halides is 3. The van der Waals surface area contributed by atoms with Crippen LogP contribution in [-0.4, -0.2) is 18.3 Å². The van der Waals surface area contributed by atoms with Crippen LogP contribution in [0, 0.1) is 17.1 Å². The summed E-state index contributed by atoms with van der Waals surface area (Å²) < 4.78 is 64.7. The zero-order valence-electron chi connectivity index (χ0n) is 13.2. The van der Waals surface area contributed by atoms with Gasteiger partial charge in [0.05, 0.1) is 15.7 Å². The number of hydrogen-bond donors (Lipinski definition) is 0. The monoisotopic (exact) mass is 420 g/mol. The molecule has 0 fully saturated rings. The van der Waals surface area contributed by atoms with Crippen molar-refractivity contribution in [2.75, 3.05) is 13.7 Å². The Labute approximate surface area is 149 Å². The molecule has 0 amide bonds. The lowest BCUT2D eigenvalue weighted by atomic mass is 10.1. The van der Waals surface area contributed by atoms with Crippen LogP contribution >= 0.6 is 15.9 Å². The van der Waals surface area contributed by atoms with Gasteiger partial charge in [0, 0.05) is 13.7 Å². The van der Waals surface area contributed by atoms with Gasteiger partial charge in [-0.2, -0.15) is 18.4 Å². The fourth-order valence-corrected chi connectivity index (χ4v) is 3.11. The van der Waals surface area contributed by atoms with Crippen molar-refractivity contribution in [3.8, 4) is 17.3 Å². The second-order valence-corrected chi connectivity index (χ2v) is 5.66. The Bertz CT molecular complexity index is 794. The van der Waals surface area contributed by atoms with Gasteiger partial charge in [-0.05, 0) is 52.7 Å². The van der Waals surface area contributed by atoms with Crippen LogP contribution in [0.5, 0.6) is 0 Å². The van der Waals surface area contributed by atoms with Gasteiger partial charge < -0.3 is 9.47 Å². The summed E-state index contributed by atoms with van der Waals surface area (Å²) >= 11 is 2.86. The predicted molar refractivity (Wildman–Crippen MR) is 84.9 cm³/mol. The van der Waals surface area contributed by atoms with Crippen molar-refractivity contribution in [3.05, 3.63) is 45.8 Å². The number of ether oxygens (including phenoxy) is 2. The minimum absolute atomic E-state index is 0.0797. The third kappa shape index (κ3) is 3.71. The number of nitrogens with zero attached hydrogens (tertiary/aromatic N) is 2. The van der Waals surface area contributed by atoms with Gasteiger partial charge in [0.2, 0.25) is 6.41 Å². The lowest BCUT2D eigenvalue weighted by Gasteiger charge is -2.23. The summed E-state index contributed by atoms with van der Waals surface area (Å²) in [6, 6.07) is 6.52. The highest BCUT2D eigenvalue weighted by Crippen LogP contribution is 2.45. The van der Waals surface area contributed by atoms with Crippen LogP contribution in [0.2, 0.25) is 0 Å². The number of methoxy groups -OCH3 is 1. The Kier molecular flexibility index (Phi) is 5.87. The molecule has 0 bridgehead atoms. The molecule has 0 saturated heterocycles. The molecular weight excluding hydrogens is 408 g/mol. The third-order valence-corrected chi connectivity index (χ3v) is 4.14. The fourth-order valence-electron chi connectivity index (χ4n) is 2.42. The van der Waals surface area contributed by atoms with E-state index in [-0.39, 0.29) is 23.4 Å². The first kappa shape index (κ1) is 19.4. The molecule has 4 nitrogen and oxygen atoms in total. The quantitative estimate of drug-likeness (QED) is 0.500. The molecule has 1 aromatic carbocycles. The zero-order chi connectivity index (χ0) is 18.8. The van der Waals surface area contributed by atoms with Crippen LogP contribution < -0.4 is 0 Å². The number of rotatable bonds is 5. The standard InChI is InChI=1S/C16H13BrF4N2O2/c1-3-25-15(24-2)23-13(9-4-6-10(18)7-5-9)11(8-22)12(17)14(23)16(19,20)21/h4-7,15H,3H2,1-2H3. The molecule has 0 aliphatic carbocycles. The predicted octanol–water partition coefficient (Wildman–Crippen LogP) is 5.09. The van der Waals surface area contributed by atoms with E-state index >= 15 is 0 Å². The Morgan fingerprint density at radius 3 is 2.32 bits per heavy atom. The smallest absolute Gasteiger partial charge is 0.338 e. The van der Waals surface area contributed by atoms with Gasteiger partial charge in [-0.25, -0.2) is 4.39 Å². The Morgan fingerprint density at radius 2 is 1.88 bits per heavy atom. The first-order chi connectivity index (χ1) is 11.8. The first-order valence-electron chi connectivity index (χ1n) is 7.07. The second kappa shape index (κ2) is 7.56. The SMILES string of the molecule is CCOC(OC)n1c(-c2ccc(F)cc2)c(C#N)c(Br)c1C(F)(F)F. The van der Waals surface area contributed by atoms with E-state index in [2.05, 4.69) is 15.9 Å². The van der Waals surface area contributed by atoms with Crippen molar-refractivity contribution in [3.63, 3.8) is 0 Å². The van der Waals surface area contributed by atoms with E-state index in [1.54, 1.807) is 13.0 Å². The van der Waals surface area contributed by atoms with E-state index < -0.39 is 28.6 Å². The summed E-state index contributed by atoms with van der Waals surface area (Å²) in [7, 11) is 1.19. The Balaban J connectivity index is 2.89. The molecule has 0 aliphatic rings. The van der Waals surface area contributed by atoms with Gasteiger partial charge in [0.25, 0.3) is 0 Å². The average molecular weight is 421 g/mol. The summed E-state index contributed by atoms with van der Waals surface area (Å²) in [5.74, 6) is -0.552. The summed E-state index contributed by atoms with van der Waals surface area (Å²) in [5.41, 5.74) is -1.23. The molecule has 2 aromatic rings. The van der Waals surface area contributed by atoms with Gasteiger partial charge in [-0.1, -0.05) is 0 Å². The lowest BCUT2D eigenvalue weighted by Crippen LogP contribution is -2.23. The number of halogens is 5. The Hall–Kier alpha value is -1.89. The minimum Gasteiger partial charge on any atom is -0.338 e. The molecule has 0 spiro atoms. The highest BCUT2D eigenvalue weighted by molar-refractivity contribution is 9.10. The largest absolute Gasteiger partial charge is 0.432 e. The fraction of sp³-hybridized carbons (Fsp3) is 0.312. The van der Waals surface area contributed by atoms with Crippen molar-refractivity contribution >= 4 is 15.9 Å². The van der Waals surface area contributed by atoms with Crippen molar-refractivity contribution < 1.29 is 27.0 Å². The molecule has 1 atom stereocenters. The van der Waals surface area contributed by atoms with Crippen LogP contribution in [0.1, 0.15) is 24.6 Å². The molecule has 25 heavy (non-hydrogen) atoms. The van der Waals surface area contributed by atoms with E-state index in [1.807, 2.05) is 0 Å². The van der Waals surface area contributed by atoms with Crippen LogP contribution in [0.15, 0.2) is 28.7 Å².